The van der Waals surface area contributed by atoms with Gasteiger partial charge in [-0.05, 0) is 18.2 Å². The number of halogens is 2. The molecule has 0 unspecified atom stereocenters. The molecule has 0 saturated heterocycles. The first-order chi connectivity index (χ1) is 6.68. The Hall–Kier alpha value is -1.000. The maximum absolute atomic E-state index is 5.89. The largest absolute Gasteiger partial charge is 0.384 e. The highest BCUT2D eigenvalue weighted by Gasteiger charge is 2.08. The smallest absolute Gasteiger partial charge is 0.126 e. The van der Waals surface area contributed by atoms with Crippen molar-refractivity contribution in [1.29, 1.82) is 0 Å². The molecule has 3 N–H and O–H groups in total. The van der Waals surface area contributed by atoms with Crippen LogP contribution in [-0.4, -0.2) is 10.2 Å². The van der Waals surface area contributed by atoms with Crippen molar-refractivity contribution in [3.05, 3.63) is 33.9 Å². The Labute approximate surface area is 94.4 Å². The molecule has 0 fully saturated rings. The van der Waals surface area contributed by atoms with Gasteiger partial charge in [-0.15, -0.1) is 0 Å². The highest BCUT2D eigenvalue weighted by Crippen LogP contribution is 2.32. The third-order valence-electron chi connectivity index (χ3n) is 1.89. The van der Waals surface area contributed by atoms with Crippen molar-refractivity contribution in [2.45, 2.75) is 0 Å². The first-order valence-corrected chi connectivity index (χ1v) is 5.10. The van der Waals surface area contributed by atoms with Crippen molar-refractivity contribution in [2.24, 2.45) is 0 Å². The maximum Gasteiger partial charge on any atom is 0.126 e. The number of H-pyrrole nitrogens is 1. The minimum Gasteiger partial charge on any atom is -0.384 e. The van der Waals surface area contributed by atoms with E-state index in [1.165, 1.54) is 0 Å². The van der Waals surface area contributed by atoms with Crippen molar-refractivity contribution >= 4 is 33.3 Å². The van der Waals surface area contributed by atoms with Gasteiger partial charge in [-0.1, -0.05) is 27.5 Å². The average molecular weight is 273 g/mol. The number of hydrogen-bond donors (Lipinski definition) is 2. The molecule has 3 nitrogen and oxygen atoms in total. The van der Waals surface area contributed by atoms with Crippen LogP contribution < -0.4 is 5.73 Å². The van der Waals surface area contributed by atoms with Crippen molar-refractivity contribution in [3.8, 4) is 11.1 Å². The van der Waals surface area contributed by atoms with E-state index in [-0.39, 0.29) is 0 Å². The van der Waals surface area contributed by atoms with Gasteiger partial charge in [0.2, 0.25) is 0 Å². The summed E-state index contributed by atoms with van der Waals surface area (Å²) in [4.78, 5) is 0. The molecule has 1 heterocycles. The standard InChI is InChI=1S/C9H7BrClN3/c10-8-2-1-5(11)3-6(8)7-4-13-14-9(7)12/h1-4H,(H3,12,13,14). The molecule has 0 aliphatic carbocycles. The van der Waals surface area contributed by atoms with Crippen LogP contribution in [0.5, 0.6) is 0 Å². The van der Waals surface area contributed by atoms with Gasteiger partial charge < -0.3 is 5.73 Å². The number of nitrogens with two attached hydrogens (primary N) is 1. The van der Waals surface area contributed by atoms with Gasteiger partial charge in [0.25, 0.3) is 0 Å². The van der Waals surface area contributed by atoms with Gasteiger partial charge in [-0.25, -0.2) is 0 Å². The number of nitrogen functional groups attached to an aromatic ring is 1. The molecule has 0 amide bonds. The fourth-order valence-electron chi connectivity index (χ4n) is 1.21. The Morgan fingerprint density at radius 2 is 2.14 bits per heavy atom. The van der Waals surface area contributed by atoms with Gasteiger partial charge >= 0.3 is 0 Å². The third kappa shape index (κ3) is 1.63. The van der Waals surface area contributed by atoms with E-state index < -0.39 is 0 Å². The molecule has 14 heavy (non-hydrogen) atoms. The van der Waals surface area contributed by atoms with E-state index >= 15 is 0 Å². The predicted molar refractivity (Wildman–Crippen MR) is 61.1 cm³/mol. The number of rotatable bonds is 1. The zero-order valence-electron chi connectivity index (χ0n) is 7.09. The van der Waals surface area contributed by atoms with Crippen LogP contribution in [0.15, 0.2) is 28.9 Å². The lowest BCUT2D eigenvalue weighted by molar-refractivity contribution is 1.10. The van der Waals surface area contributed by atoms with E-state index in [4.69, 9.17) is 17.3 Å². The topological polar surface area (TPSA) is 54.7 Å². The number of benzene rings is 1. The van der Waals surface area contributed by atoms with Crippen LogP contribution in [0.3, 0.4) is 0 Å². The van der Waals surface area contributed by atoms with Gasteiger partial charge in [0, 0.05) is 20.6 Å². The lowest BCUT2D eigenvalue weighted by atomic mass is 10.1. The van der Waals surface area contributed by atoms with E-state index in [0.29, 0.717) is 10.8 Å². The molecule has 1 aromatic heterocycles. The Morgan fingerprint density at radius 3 is 2.79 bits per heavy atom. The van der Waals surface area contributed by atoms with Gasteiger partial charge in [-0.2, -0.15) is 5.10 Å². The minimum atomic E-state index is 0.535. The molecule has 0 saturated carbocycles. The molecule has 1 aromatic carbocycles. The fourth-order valence-corrected chi connectivity index (χ4v) is 1.85. The van der Waals surface area contributed by atoms with E-state index in [0.717, 1.165) is 15.6 Å². The zero-order valence-corrected chi connectivity index (χ0v) is 9.43. The Kier molecular flexibility index (Phi) is 2.48. The quantitative estimate of drug-likeness (QED) is 0.838. The molecule has 0 aliphatic heterocycles. The van der Waals surface area contributed by atoms with Crippen LogP contribution in [0, 0.1) is 0 Å². The van der Waals surface area contributed by atoms with Crippen molar-refractivity contribution < 1.29 is 0 Å². The van der Waals surface area contributed by atoms with Gasteiger partial charge in [0.15, 0.2) is 0 Å². The first kappa shape index (κ1) is 9.55. The number of aromatic nitrogens is 2. The number of aromatic amines is 1. The summed E-state index contributed by atoms with van der Waals surface area (Å²) in [6.45, 7) is 0. The molecule has 0 spiro atoms. The molecule has 0 aliphatic rings. The summed E-state index contributed by atoms with van der Waals surface area (Å²) in [7, 11) is 0. The fraction of sp³-hybridized carbons (Fsp3) is 0. The summed E-state index contributed by atoms with van der Waals surface area (Å²) >= 11 is 9.32. The lowest BCUT2D eigenvalue weighted by Crippen LogP contribution is -1.88. The molecule has 0 bridgehead atoms. The second kappa shape index (κ2) is 3.63. The molecule has 0 atom stereocenters. The van der Waals surface area contributed by atoms with Crippen LogP contribution in [0.2, 0.25) is 5.02 Å². The molecule has 5 heteroatoms. The van der Waals surface area contributed by atoms with E-state index in [9.17, 15) is 0 Å². The maximum atomic E-state index is 5.89. The zero-order chi connectivity index (χ0) is 10.1. The van der Waals surface area contributed by atoms with Crippen LogP contribution in [0.1, 0.15) is 0 Å². The Bertz CT molecular complexity index is 467. The van der Waals surface area contributed by atoms with E-state index in [1.54, 1.807) is 6.20 Å². The first-order valence-electron chi connectivity index (χ1n) is 3.93. The van der Waals surface area contributed by atoms with Crippen LogP contribution in [0.25, 0.3) is 11.1 Å². The number of anilines is 1. The molecule has 2 rings (SSSR count). The second-order valence-corrected chi connectivity index (χ2v) is 4.11. The molecular weight excluding hydrogens is 265 g/mol. The summed E-state index contributed by atoms with van der Waals surface area (Å²) in [6, 6.07) is 5.53. The third-order valence-corrected chi connectivity index (χ3v) is 2.81. The lowest BCUT2D eigenvalue weighted by Gasteiger charge is -2.03. The molecule has 0 radical (unpaired) electrons. The molecule has 72 valence electrons. The minimum absolute atomic E-state index is 0.535. The highest BCUT2D eigenvalue weighted by molar-refractivity contribution is 9.10. The van der Waals surface area contributed by atoms with Gasteiger partial charge in [-0.3, -0.25) is 5.10 Å². The number of nitrogens with zero attached hydrogens (tertiary/aromatic N) is 1. The molecular formula is C9H7BrClN3. The van der Waals surface area contributed by atoms with Crippen LogP contribution in [-0.2, 0) is 0 Å². The number of hydrogen-bond acceptors (Lipinski definition) is 2. The second-order valence-electron chi connectivity index (χ2n) is 2.82. The normalized spacial score (nSPS) is 10.4. The number of nitrogens with one attached hydrogen (secondary N) is 1. The Morgan fingerprint density at radius 1 is 1.36 bits per heavy atom. The monoisotopic (exact) mass is 271 g/mol. The summed E-state index contributed by atoms with van der Waals surface area (Å²) < 4.78 is 0.940. The summed E-state index contributed by atoms with van der Waals surface area (Å²) in [5.74, 6) is 0.535. The predicted octanol–water partition coefficient (Wildman–Crippen LogP) is 3.07. The van der Waals surface area contributed by atoms with E-state index in [2.05, 4.69) is 26.1 Å². The van der Waals surface area contributed by atoms with Crippen LogP contribution in [0.4, 0.5) is 5.82 Å². The van der Waals surface area contributed by atoms with Crippen molar-refractivity contribution in [2.75, 3.05) is 5.73 Å². The molecule has 2 aromatic rings. The van der Waals surface area contributed by atoms with Crippen molar-refractivity contribution in [1.82, 2.24) is 10.2 Å². The van der Waals surface area contributed by atoms with Crippen LogP contribution >= 0.6 is 27.5 Å². The summed E-state index contributed by atoms with van der Waals surface area (Å²) in [6.07, 6.45) is 1.67. The van der Waals surface area contributed by atoms with Gasteiger partial charge in [0.1, 0.15) is 5.82 Å². The van der Waals surface area contributed by atoms with Gasteiger partial charge in [0.05, 0.1) is 6.20 Å². The summed E-state index contributed by atoms with van der Waals surface area (Å²) in [5.41, 5.74) is 7.49. The summed E-state index contributed by atoms with van der Waals surface area (Å²) in [5, 5.41) is 7.20. The Balaban J connectivity index is 2.62. The van der Waals surface area contributed by atoms with E-state index in [1.807, 2.05) is 18.2 Å². The SMILES string of the molecule is Nc1[nH]ncc1-c1cc(Cl)ccc1Br. The average Bonchev–Trinajstić information content (AvgIpc) is 2.56. The van der Waals surface area contributed by atoms with Crippen molar-refractivity contribution in [3.63, 3.8) is 0 Å². The highest BCUT2D eigenvalue weighted by atomic mass is 79.9.